The fourth-order valence-electron chi connectivity index (χ4n) is 2.39. The van der Waals surface area contributed by atoms with E-state index in [1.807, 2.05) is 0 Å². The molecule has 0 aliphatic carbocycles. The SMILES string of the molecule is O=S(=O)(NCCN1C[C@@H](F)C[C@H]1CO)c1ccccc1. The zero-order valence-corrected chi connectivity index (χ0v) is 11.9. The zero-order valence-electron chi connectivity index (χ0n) is 11.1. The number of hydrogen-bond acceptors (Lipinski definition) is 4. The number of aliphatic hydroxyl groups excluding tert-OH is 1. The summed E-state index contributed by atoms with van der Waals surface area (Å²) in [7, 11) is -3.52. The first-order chi connectivity index (χ1) is 9.53. The van der Waals surface area contributed by atoms with Crippen molar-refractivity contribution in [1.82, 2.24) is 9.62 Å². The van der Waals surface area contributed by atoms with E-state index in [4.69, 9.17) is 5.11 Å². The predicted molar refractivity (Wildman–Crippen MR) is 73.6 cm³/mol. The van der Waals surface area contributed by atoms with Crippen molar-refractivity contribution >= 4 is 10.0 Å². The number of nitrogens with zero attached hydrogens (tertiary/aromatic N) is 1. The highest BCUT2D eigenvalue weighted by atomic mass is 32.2. The number of rotatable bonds is 6. The summed E-state index contributed by atoms with van der Waals surface area (Å²) in [6, 6.07) is 7.88. The van der Waals surface area contributed by atoms with E-state index in [9.17, 15) is 12.8 Å². The molecule has 1 aliphatic heterocycles. The maximum Gasteiger partial charge on any atom is 0.240 e. The smallest absolute Gasteiger partial charge is 0.240 e. The molecule has 1 fully saturated rings. The van der Waals surface area contributed by atoms with Crippen LogP contribution in [0.2, 0.25) is 0 Å². The van der Waals surface area contributed by atoms with E-state index in [0.717, 1.165) is 0 Å². The molecule has 1 aliphatic rings. The Hall–Kier alpha value is -1.02. The van der Waals surface area contributed by atoms with E-state index in [1.54, 1.807) is 23.1 Å². The summed E-state index contributed by atoms with van der Waals surface area (Å²) in [5, 5.41) is 9.14. The third-order valence-corrected chi connectivity index (χ3v) is 4.91. The molecule has 1 heterocycles. The summed E-state index contributed by atoms with van der Waals surface area (Å²) in [5.41, 5.74) is 0. The molecule has 0 bridgehead atoms. The zero-order chi connectivity index (χ0) is 14.6. The van der Waals surface area contributed by atoms with Gasteiger partial charge in [0.1, 0.15) is 6.17 Å². The van der Waals surface area contributed by atoms with Gasteiger partial charge in [0.05, 0.1) is 11.5 Å². The summed E-state index contributed by atoms with van der Waals surface area (Å²) >= 11 is 0. The number of hydrogen-bond donors (Lipinski definition) is 2. The van der Waals surface area contributed by atoms with Gasteiger partial charge in [-0.3, -0.25) is 4.90 Å². The van der Waals surface area contributed by atoms with E-state index in [2.05, 4.69) is 4.72 Å². The Kier molecular flexibility index (Phi) is 5.09. The summed E-state index contributed by atoms with van der Waals surface area (Å²) < 4.78 is 39.7. The summed E-state index contributed by atoms with van der Waals surface area (Å²) in [6.45, 7) is 0.725. The average Bonchev–Trinajstić information content (AvgIpc) is 2.80. The Morgan fingerprint density at radius 1 is 1.35 bits per heavy atom. The molecule has 20 heavy (non-hydrogen) atoms. The fraction of sp³-hybridized carbons (Fsp3) is 0.538. The molecule has 0 aromatic heterocycles. The molecule has 1 aromatic rings. The Morgan fingerprint density at radius 3 is 2.70 bits per heavy atom. The lowest BCUT2D eigenvalue weighted by molar-refractivity contribution is 0.160. The third-order valence-electron chi connectivity index (χ3n) is 3.43. The summed E-state index contributed by atoms with van der Waals surface area (Å²) in [6.07, 6.45) is -0.639. The largest absolute Gasteiger partial charge is 0.395 e. The number of likely N-dealkylation sites (tertiary alicyclic amines) is 1. The number of nitrogens with one attached hydrogen (secondary N) is 1. The molecule has 7 heteroatoms. The van der Waals surface area contributed by atoms with Crippen molar-refractivity contribution < 1.29 is 17.9 Å². The number of benzene rings is 1. The van der Waals surface area contributed by atoms with Crippen LogP contribution in [-0.2, 0) is 10.0 Å². The first-order valence-electron chi connectivity index (χ1n) is 6.56. The van der Waals surface area contributed by atoms with Crippen LogP contribution in [-0.4, -0.2) is 56.9 Å². The third kappa shape index (κ3) is 3.76. The maximum absolute atomic E-state index is 13.2. The van der Waals surface area contributed by atoms with E-state index in [-0.39, 0.29) is 30.6 Å². The first-order valence-corrected chi connectivity index (χ1v) is 8.05. The molecule has 1 aromatic carbocycles. The number of sulfonamides is 1. The molecule has 1 saturated heterocycles. The van der Waals surface area contributed by atoms with Gasteiger partial charge in [0.25, 0.3) is 0 Å². The predicted octanol–water partition coefficient (Wildman–Crippen LogP) is 0.370. The second-order valence-electron chi connectivity index (χ2n) is 4.88. The minimum absolute atomic E-state index is 0.105. The molecule has 5 nitrogen and oxygen atoms in total. The first kappa shape index (κ1) is 15.4. The molecule has 0 unspecified atom stereocenters. The van der Waals surface area contributed by atoms with Gasteiger partial charge in [-0.05, 0) is 18.6 Å². The summed E-state index contributed by atoms with van der Waals surface area (Å²) in [5.74, 6) is 0. The van der Waals surface area contributed by atoms with Gasteiger partial charge in [0.2, 0.25) is 10.0 Å². The second-order valence-corrected chi connectivity index (χ2v) is 6.64. The van der Waals surface area contributed by atoms with E-state index >= 15 is 0 Å². The highest BCUT2D eigenvalue weighted by Gasteiger charge is 2.31. The topological polar surface area (TPSA) is 69.6 Å². The molecule has 0 amide bonds. The van der Waals surface area contributed by atoms with Gasteiger partial charge in [0, 0.05) is 25.7 Å². The second kappa shape index (κ2) is 6.62. The van der Waals surface area contributed by atoms with Crippen LogP contribution in [0.5, 0.6) is 0 Å². The molecule has 0 radical (unpaired) electrons. The molecule has 0 saturated carbocycles. The Morgan fingerprint density at radius 2 is 2.05 bits per heavy atom. The lowest BCUT2D eigenvalue weighted by Crippen LogP contribution is -2.39. The molecule has 0 spiro atoms. The van der Waals surface area contributed by atoms with Crippen LogP contribution in [0.3, 0.4) is 0 Å². The molecule has 2 rings (SSSR count). The van der Waals surface area contributed by atoms with Crippen molar-refractivity contribution in [2.24, 2.45) is 0 Å². The van der Waals surface area contributed by atoms with Gasteiger partial charge in [-0.2, -0.15) is 0 Å². The van der Waals surface area contributed by atoms with Gasteiger partial charge in [0.15, 0.2) is 0 Å². The minimum Gasteiger partial charge on any atom is -0.395 e. The highest BCUT2D eigenvalue weighted by Crippen LogP contribution is 2.19. The highest BCUT2D eigenvalue weighted by molar-refractivity contribution is 7.89. The van der Waals surface area contributed by atoms with E-state index < -0.39 is 16.2 Å². The van der Waals surface area contributed by atoms with Crippen molar-refractivity contribution in [2.75, 3.05) is 26.2 Å². The van der Waals surface area contributed by atoms with Crippen molar-refractivity contribution in [2.45, 2.75) is 23.5 Å². The van der Waals surface area contributed by atoms with Gasteiger partial charge >= 0.3 is 0 Å². The van der Waals surface area contributed by atoms with Crippen molar-refractivity contribution in [3.8, 4) is 0 Å². The molecule has 2 atom stereocenters. The van der Waals surface area contributed by atoms with Crippen LogP contribution < -0.4 is 4.72 Å². The Balaban J connectivity index is 1.87. The summed E-state index contributed by atoms with van der Waals surface area (Å²) in [4.78, 5) is 1.99. The average molecular weight is 302 g/mol. The van der Waals surface area contributed by atoms with Gasteiger partial charge in [-0.25, -0.2) is 17.5 Å². The normalized spacial score (nSPS) is 24.1. The molecule has 112 valence electrons. The van der Waals surface area contributed by atoms with E-state index in [1.165, 1.54) is 12.1 Å². The Bertz CT molecular complexity index is 524. The van der Waals surface area contributed by atoms with Gasteiger partial charge in [-0.1, -0.05) is 18.2 Å². The molecular formula is C13H19FN2O3S. The van der Waals surface area contributed by atoms with Crippen LogP contribution in [0.4, 0.5) is 4.39 Å². The molecular weight excluding hydrogens is 283 g/mol. The number of halogens is 1. The lowest BCUT2D eigenvalue weighted by atomic mass is 10.2. The Labute approximate surface area is 118 Å². The number of alkyl halides is 1. The van der Waals surface area contributed by atoms with Gasteiger partial charge < -0.3 is 5.11 Å². The standard InChI is InChI=1S/C13H19FN2O3S/c14-11-8-12(10-17)16(9-11)7-6-15-20(18,19)13-4-2-1-3-5-13/h1-5,11-12,15,17H,6-10H2/t11-,12-/m0/s1. The van der Waals surface area contributed by atoms with Crippen LogP contribution >= 0.6 is 0 Å². The maximum atomic E-state index is 13.2. The van der Waals surface area contributed by atoms with Crippen LogP contribution in [0, 0.1) is 0 Å². The van der Waals surface area contributed by atoms with Crippen molar-refractivity contribution in [3.05, 3.63) is 30.3 Å². The van der Waals surface area contributed by atoms with E-state index in [0.29, 0.717) is 13.0 Å². The number of aliphatic hydroxyl groups is 1. The van der Waals surface area contributed by atoms with Crippen molar-refractivity contribution in [3.63, 3.8) is 0 Å². The van der Waals surface area contributed by atoms with Crippen LogP contribution in [0.25, 0.3) is 0 Å². The fourth-order valence-corrected chi connectivity index (χ4v) is 3.43. The molecule has 2 N–H and O–H groups in total. The monoisotopic (exact) mass is 302 g/mol. The van der Waals surface area contributed by atoms with Crippen LogP contribution in [0.1, 0.15) is 6.42 Å². The lowest BCUT2D eigenvalue weighted by Gasteiger charge is -2.22. The quantitative estimate of drug-likeness (QED) is 0.796. The minimum atomic E-state index is -3.52. The van der Waals surface area contributed by atoms with Crippen molar-refractivity contribution in [1.29, 1.82) is 0 Å². The van der Waals surface area contributed by atoms with Crippen LogP contribution in [0.15, 0.2) is 35.2 Å². The van der Waals surface area contributed by atoms with Gasteiger partial charge in [-0.15, -0.1) is 0 Å².